The normalized spacial score (nSPS) is 12.8. The zero-order valence-corrected chi connectivity index (χ0v) is 12.4. The molecule has 0 fully saturated rings. The number of aromatic amines is 1. The van der Waals surface area contributed by atoms with Crippen LogP contribution in [0.4, 0.5) is 0 Å². The van der Waals surface area contributed by atoms with Crippen molar-refractivity contribution in [1.29, 1.82) is 0 Å². The Bertz CT molecular complexity index is 629. The lowest BCUT2D eigenvalue weighted by molar-refractivity contribution is 0.658. The molecule has 0 saturated carbocycles. The van der Waals surface area contributed by atoms with Crippen molar-refractivity contribution in [2.75, 3.05) is 12.8 Å². The third-order valence-corrected chi connectivity index (χ3v) is 4.05. The number of H-pyrrole nitrogens is 1. The van der Waals surface area contributed by atoms with Crippen molar-refractivity contribution >= 4 is 34.3 Å². The largest absolute Gasteiger partial charge is 0.309 e. The van der Waals surface area contributed by atoms with E-state index in [1.807, 2.05) is 0 Å². The minimum Gasteiger partial charge on any atom is -0.309 e. The van der Waals surface area contributed by atoms with Gasteiger partial charge in [0.1, 0.15) is 5.82 Å². The van der Waals surface area contributed by atoms with Crippen LogP contribution in [0.15, 0.2) is 23.0 Å². The van der Waals surface area contributed by atoms with Gasteiger partial charge in [-0.1, -0.05) is 18.5 Å². The third kappa shape index (κ3) is 3.72. The van der Waals surface area contributed by atoms with Crippen LogP contribution in [0.1, 0.15) is 12.7 Å². The summed E-state index contributed by atoms with van der Waals surface area (Å²) in [6.07, 6.45) is 2.07. The van der Waals surface area contributed by atoms with Gasteiger partial charge in [-0.3, -0.25) is 4.79 Å². The zero-order chi connectivity index (χ0) is 13.8. The third-order valence-electron chi connectivity index (χ3n) is 2.84. The quantitative estimate of drug-likeness (QED) is 0.890. The predicted molar refractivity (Wildman–Crippen MR) is 82.1 cm³/mol. The summed E-state index contributed by atoms with van der Waals surface area (Å²) >= 11 is 7.71. The standard InChI is InChI=1S/C13H16ClN3OS/c1-8(19-2)6-15-7-12-16-11-5-9(14)3-4-10(11)13(18)17-12/h3-5,8,15H,6-7H2,1-2H3,(H,16,17,18). The molecule has 0 saturated heterocycles. The van der Waals surface area contributed by atoms with Crippen molar-refractivity contribution in [3.8, 4) is 0 Å². The summed E-state index contributed by atoms with van der Waals surface area (Å²) < 4.78 is 0. The monoisotopic (exact) mass is 297 g/mol. The van der Waals surface area contributed by atoms with Gasteiger partial charge >= 0.3 is 0 Å². The molecular formula is C13H16ClN3OS. The number of thioether (sulfide) groups is 1. The van der Waals surface area contributed by atoms with Crippen molar-refractivity contribution in [2.45, 2.75) is 18.7 Å². The van der Waals surface area contributed by atoms with Gasteiger partial charge in [-0.25, -0.2) is 4.98 Å². The van der Waals surface area contributed by atoms with Gasteiger partial charge in [-0.2, -0.15) is 11.8 Å². The lowest BCUT2D eigenvalue weighted by Gasteiger charge is -2.09. The van der Waals surface area contributed by atoms with Crippen molar-refractivity contribution in [3.63, 3.8) is 0 Å². The molecule has 2 rings (SSSR count). The van der Waals surface area contributed by atoms with Crippen LogP contribution in [0.2, 0.25) is 5.02 Å². The summed E-state index contributed by atoms with van der Waals surface area (Å²) in [5.41, 5.74) is 0.502. The summed E-state index contributed by atoms with van der Waals surface area (Å²) in [4.78, 5) is 19.1. The summed E-state index contributed by atoms with van der Waals surface area (Å²) in [5, 5.41) is 4.95. The number of hydrogen-bond acceptors (Lipinski definition) is 4. The Morgan fingerprint density at radius 2 is 2.32 bits per heavy atom. The number of halogens is 1. The predicted octanol–water partition coefficient (Wildman–Crippen LogP) is 2.42. The molecule has 19 heavy (non-hydrogen) atoms. The maximum atomic E-state index is 11.9. The molecule has 2 aromatic rings. The summed E-state index contributed by atoms with van der Waals surface area (Å²) in [5.74, 6) is 0.632. The van der Waals surface area contributed by atoms with Crippen molar-refractivity contribution in [2.24, 2.45) is 0 Å². The van der Waals surface area contributed by atoms with Crippen LogP contribution in [-0.4, -0.2) is 28.0 Å². The van der Waals surface area contributed by atoms with Gasteiger partial charge in [-0.15, -0.1) is 0 Å². The van der Waals surface area contributed by atoms with Crippen LogP contribution in [0, 0.1) is 0 Å². The summed E-state index contributed by atoms with van der Waals surface area (Å²) in [6.45, 7) is 3.56. The van der Waals surface area contributed by atoms with Gasteiger partial charge in [0.15, 0.2) is 0 Å². The highest BCUT2D eigenvalue weighted by molar-refractivity contribution is 7.99. The maximum Gasteiger partial charge on any atom is 0.258 e. The van der Waals surface area contributed by atoms with Crippen LogP contribution in [0.25, 0.3) is 10.9 Å². The molecule has 4 nitrogen and oxygen atoms in total. The van der Waals surface area contributed by atoms with E-state index in [2.05, 4.69) is 28.5 Å². The molecule has 0 aliphatic rings. The molecule has 1 aromatic heterocycles. The van der Waals surface area contributed by atoms with Crippen molar-refractivity contribution in [3.05, 3.63) is 39.4 Å². The molecule has 1 unspecified atom stereocenters. The highest BCUT2D eigenvalue weighted by atomic mass is 35.5. The Kier molecular flexibility index (Phi) is 4.85. The Morgan fingerprint density at radius 1 is 1.53 bits per heavy atom. The molecular weight excluding hydrogens is 282 g/mol. The molecule has 102 valence electrons. The molecule has 2 N–H and O–H groups in total. The molecule has 1 aromatic carbocycles. The van der Waals surface area contributed by atoms with Gasteiger partial charge in [0, 0.05) is 16.8 Å². The topological polar surface area (TPSA) is 57.8 Å². The Balaban J connectivity index is 2.18. The van der Waals surface area contributed by atoms with Crippen LogP contribution in [0.3, 0.4) is 0 Å². The van der Waals surface area contributed by atoms with E-state index in [1.165, 1.54) is 0 Å². The molecule has 1 atom stereocenters. The Hall–Kier alpha value is -1.04. The SMILES string of the molecule is CSC(C)CNCc1nc2cc(Cl)ccc2c(=O)[nH]1. The molecule has 0 radical (unpaired) electrons. The number of aromatic nitrogens is 2. The van der Waals surface area contributed by atoms with Crippen LogP contribution >= 0.6 is 23.4 Å². The second-order valence-corrected chi connectivity index (χ2v) is 6.06. The van der Waals surface area contributed by atoms with E-state index in [1.54, 1.807) is 30.0 Å². The van der Waals surface area contributed by atoms with Gasteiger partial charge in [0.05, 0.1) is 17.4 Å². The van der Waals surface area contributed by atoms with Gasteiger partial charge in [0.2, 0.25) is 0 Å². The van der Waals surface area contributed by atoms with Gasteiger partial charge in [-0.05, 0) is 24.5 Å². The first-order valence-electron chi connectivity index (χ1n) is 6.02. The van der Waals surface area contributed by atoms with E-state index < -0.39 is 0 Å². The van der Waals surface area contributed by atoms with Crippen LogP contribution in [-0.2, 0) is 6.54 Å². The number of fused-ring (bicyclic) bond motifs is 1. The first kappa shape index (κ1) is 14.4. The van der Waals surface area contributed by atoms with Crippen molar-refractivity contribution < 1.29 is 0 Å². The van der Waals surface area contributed by atoms with E-state index in [0.29, 0.717) is 33.5 Å². The lowest BCUT2D eigenvalue weighted by Crippen LogP contribution is -2.24. The van der Waals surface area contributed by atoms with E-state index in [-0.39, 0.29) is 5.56 Å². The number of benzene rings is 1. The lowest BCUT2D eigenvalue weighted by atomic mass is 10.2. The number of nitrogens with zero attached hydrogens (tertiary/aromatic N) is 1. The molecule has 1 heterocycles. The van der Waals surface area contributed by atoms with E-state index >= 15 is 0 Å². The fourth-order valence-corrected chi connectivity index (χ4v) is 2.17. The Labute approximate surface area is 121 Å². The molecule has 0 aliphatic heterocycles. The molecule has 0 aliphatic carbocycles. The number of nitrogens with one attached hydrogen (secondary N) is 2. The van der Waals surface area contributed by atoms with E-state index in [4.69, 9.17) is 11.6 Å². The van der Waals surface area contributed by atoms with Gasteiger partial charge < -0.3 is 10.3 Å². The molecule has 0 amide bonds. The number of hydrogen-bond donors (Lipinski definition) is 2. The highest BCUT2D eigenvalue weighted by Crippen LogP contribution is 2.14. The molecule has 6 heteroatoms. The zero-order valence-electron chi connectivity index (χ0n) is 10.9. The minimum absolute atomic E-state index is 0.128. The van der Waals surface area contributed by atoms with E-state index in [9.17, 15) is 4.79 Å². The second kappa shape index (κ2) is 6.41. The van der Waals surface area contributed by atoms with E-state index in [0.717, 1.165) is 6.54 Å². The average Bonchev–Trinajstić information content (AvgIpc) is 2.38. The number of rotatable bonds is 5. The fourth-order valence-electron chi connectivity index (χ4n) is 1.72. The highest BCUT2D eigenvalue weighted by Gasteiger charge is 2.05. The fraction of sp³-hybridized carbons (Fsp3) is 0.385. The average molecular weight is 298 g/mol. The molecule has 0 bridgehead atoms. The Morgan fingerprint density at radius 3 is 3.05 bits per heavy atom. The molecule has 0 spiro atoms. The maximum absolute atomic E-state index is 11.9. The first-order chi connectivity index (χ1) is 9.10. The summed E-state index contributed by atoms with van der Waals surface area (Å²) in [6, 6.07) is 5.09. The van der Waals surface area contributed by atoms with Crippen molar-refractivity contribution in [1.82, 2.24) is 15.3 Å². The minimum atomic E-state index is -0.128. The van der Waals surface area contributed by atoms with Crippen LogP contribution in [0.5, 0.6) is 0 Å². The van der Waals surface area contributed by atoms with Gasteiger partial charge in [0.25, 0.3) is 5.56 Å². The van der Waals surface area contributed by atoms with Crippen LogP contribution < -0.4 is 10.9 Å². The second-order valence-electron chi connectivity index (χ2n) is 4.35. The first-order valence-corrected chi connectivity index (χ1v) is 7.68. The summed E-state index contributed by atoms with van der Waals surface area (Å²) in [7, 11) is 0. The smallest absolute Gasteiger partial charge is 0.258 e.